The molecule has 1 aliphatic rings. The Labute approximate surface area is 146 Å². The van der Waals surface area contributed by atoms with Crippen LogP contribution in [0.15, 0.2) is 42.7 Å². The van der Waals surface area contributed by atoms with E-state index < -0.39 is 0 Å². The number of rotatable bonds is 4. The van der Waals surface area contributed by atoms with Crippen LogP contribution in [0.5, 0.6) is 0 Å². The number of aromatic nitrogens is 2. The fraction of sp³-hybridized carbons (Fsp3) is 0.263. The van der Waals surface area contributed by atoms with Gasteiger partial charge in [-0.1, -0.05) is 12.1 Å². The smallest absolute Gasteiger partial charge is 0.211 e. The number of pyridine rings is 1. The lowest BCUT2D eigenvalue weighted by Gasteiger charge is -2.34. The number of hydrogen-bond acceptors (Lipinski definition) is 4. The number of carbonyl (C=O) groups is 1. The third-order valence-electron chi connectivity index (χ3n) is 4.83. The lowest BCUT2D eigenvalue weighted by atomic mass is 10.0. The number of anilines is 2. The van der Waals surface area contributed by atoms with Gasteiger partial charge in [0.05, 0.1) is 11.1 Å². The van der Waals surface area contributed by atoms with E-state index in [1.54, 1.807) is 12.4 Å². The molecule has 25 heavy (non-hydrogen) atoms. The molecular weight excluding hydrogens is 314 g/mol. The highest BCUT2D eigenvalue weighted by Crippen LogP contribution is 2.33. The van der Waals surface area contributed by atoms with Crippen LogP contribution in [0.3, 0.4) is 0 Å². The summed E-state index contributed by atoms with van der Waals surface area (Å²) in [4.78, 5) is 23.1. The Morgan fingerprint density at radius 2 is 1.88 bits per heavy atom. The molecule has 0 saturated carbocycles. The molecule has 0 unspecified atom stereocenters. The molecule has 6 heteroatoms. The first-order valence-corrected chi connectivity index (χ1v) is 8.46. The van der Waals surface area contributed by atoms with E-state index in [4.69, 9.17) is 0 Å². The van der Waals surface area contributed by atoms with Gasteiger partial charge < -0.3 is 20.1 Å². The fourth-order valence-corrected chi connectivity index (χ4v) is 3.39. The summed E-state index contributed by atoms with van der Waals surface area (Å²) in [6.07, 6.45) is 4.25. The van der Waals surface area contributed by atoms with Gasteiger partial charge in [0, 0.05) is 44.3 Å². The Morgan fingerprint density at radius 3 is 2.60 bits per heavy atom. The topological polar surface area (TPSA) is 64.3 Å². The summed E-state index contributed by atoms with van der Waals surface area (Å²) in [5.41, 5.74) is 4.93. The van der Waals surface area contributed by atoms with Crippen LogP contribution in [-0.2, 0) is 4.79 Å². The predicted octanol–water partition coefficient (Wildman–Crippen LogP) is 2.55. The second-order valence-corrected chi connectivity index (χ2v) is 6.38. The third kappa shape index (κ3) is 2.96. The van der Waals surface area contributed by atoms with E-state index in [0.717, 1.165) is 54.0 Å². The zero-order valence-corrected chi connectivity index (χ0v) is 14.2. The minimum Gasteiger partial charge on any atom is -0.369 e. The fourth-order valence-electron chi connectivity index (χ4n) is 3.39. The Balaban J connectivity index is 1.67. The van der Waals surface area contributed by atoms with Gasteiger partial charge in [-0.2, -0.15) is 0 Å². The van der Waals surface area contributed by atoms with Crippen LogP contribution in [0.2, 0.25) is 0 Å². The lowest BCUT2D eigenvalue weighted by molar-refractivity contribution is -0.105. The van der Waals surface area contributed by atoms with Gasteiger partial charge in [0.2, 0.25) is 6.41 Å². The van der Waals surface area contributed by atoms with E-state index in [2.05, 4.69) is 56.4 Å². The van der Waals surface area contributed by atoms with Gasteiger partial charge in [-0.3, -0.25) is 4.79 Å². The number of aromatic amines is 1. The predicted molar refractivity (Wildman–Crippen MR) is 101 cm³/mol. The van der Waals surface area contributed by atoms with E-state index in [0.29, 0.717) is 6.41 Å². The average Bonchev–Trinajstić information content (AvgIpc) is 3.06. The number of nitrogens with one attached hydrogen (secondary N) is 2. The number of H-pyrrole nitrogens is 1. The Morgan fingerprint density at radius 1 is 1.12 bits per heavy atom. The molecule has 1 aromatic carbocycles. The van der Waals surface area contributed by atoms with Gasteiger partial charge >= 0.3 is 0 Å². The standard InChI is InChI=1S/C19H21N5O/c1-23-8-10-24(11-9-23)15-4-2-14(3-5-15)16-6-7-20-19-18(16)17(12-21-19)22-13-25/h2-7,12-13H,8-11H2,1H3,(H,20,21)(H,22,25). The maximum atomic E-state index is 10.9. The zero-order valence-electron chi connectivity index (χ0n) is 14.2. The first-order valence-electron chi connectivity index (χ1n) is 8.46. The van der Waals surface area contributed by atoms with Crippen molar-refractivity contribution in [1.29, 1.82) is 0 Å². The van der Waals surface area contributed by atoms with Crippen LogP contribution in [0.1, 0.15) is 0 Å². The Hall–Kier alpha value is -2.86. The van der Waals surface area contributed by atoms with Crippen LogP contribution in [0.25, 0.3) is 22.2 Å². The molecule has 1 fully saturated rings. The van der Waals surface area contributed by atoms with Gasteiger partial charge in [0.25, 0.3) is 0 Å². The number of hydrogen-bond donors (Lipinski definition) is 2. The molecule has 128 valence electrons. The van der Waals surface area contributed by atoms with Crippen LogP contribution in [-0.4, -0.2) is 54.5 Å². The largest absolute Gasteiger partial charge is 0.369 e. The molecule has 1 aliphatic heterocycles. The number of fused-ring (bicyclic) bond motifs is 1. The Bertz CT molecular complexity index is 878. The van der Waals surface area contributed by atoms with Gasteiger partial charge in [0.15, 0.2) is 0 Å². The van der Waals surface area contributed by atoms with Crippen molar-refractivity contribution in [3.8, 4) is 11.1 Å². The van der Waals surface area contributed by atoms with Crippen molar-refractivity contribution in [2.24, 2.45) is 0 Å². The minimum absolute atomic E-state index is 0.690. The molecular formula is C19H21N5O. The van der Waals surface area contributed by atoms with E-state index >= 15 is 0 Å². The maximum Gasteiger partial charge on any atom is 0.211 e. The quantitative estimate of drug-likeness (QED) is 0.719. The molecule has 1 amide bonds. The number of likely N-dealkylation sites (N-methyl/N-ethyl adjacent to an activating group) is 1. The number of amides is 1. The molecule has 0 radical (unpaired) electrons. The summed E-state index contributed by atoms with van der Waals surface area (Å²) in [5.74, 6) is 0. The van der Waals surface area contributed by atoms with Crippen LogP contribution in [0.4, 0.5) is 11.4 Å². The maximum absolute atomic E-state index is 10.9. The van der Waals surface area contributed by atoms with Crippen molar-refractivity contribution in [3.63, 3.8) is 0 Å². The van der Waals surface area contributed by atoms with Crippen LogP contribution < -0.4 is 10.2 Å². The molecule has 0 atom stereocenters. The highest BCUT2D eigenvalue weighted by molar-refractivity contribution is 6.04. The highest BCUT2D eigenvalue weighted by Gasteiger charge is 2.15. The highest BCUT2D eigenvalue weighted by atomic mass is 16.1. The molecule has 2 aromatic heterocycles. The molecule has 2 N–H and O–H groups in total. The molecule has 4 rings (SSSR count). The molecule has 1 saturated heterocycles. The number of piperazine rings is 1. The van der Waals surface area contributed by atoms with Crippen molar-refractivity contribution in [2.45, 2.75) is 0 Å². The SMILES string of the molecule is CN1CCN(c2ccc(-c3ccnc4[nH]cc(NC=O)c34)cc2)CC1. The number of nitrogens with zero attached hydrogens (tertiary/aromatic N) is 3. The summed E-state index contributed by atoms with van der Waals surface area (Å²) in [5, 5.41) is 3.68. The number of benzene rings is 1. The lowest BCUT2D eigenvalue weighted by Crippen LogP contribution is -2.44. The van der Waals surface area contributed by atoms with E-state index in [1.165, 1.54) is 5.69 Å². The second-order valence-electron chi connectivity index (χ2n) is 6.38. The number of carbonyl (C=O) groups excluding carboxylic acids is 1. The molecule has 0 spiro atoms. The monoisotopic (exact) mass is 335 g/mol. The van der Waals surface area contributed by atoms with Gasteiger partial charge in [-0.15, -0.1) is 0 Å². The van der Waals surface area contributed by atoms with E-state index in [9.17, 15) is 4.79 Å². The molecule has 6 nitrogen and oxygen atoms in total. The normalized spacial score (nSPS) is 15.5. The van der Waals surface area contributed by atoms with Gasteiger partial charge in [-0.25, -0.2) is 4.98 Å². The van der Waals surface area contributed by atoms with Crippen LogP contribution in [0, 0.1) is 0 Å². The van der Waals surface area contributed by atoms with Crippen molar-refractivity contribution >= 4 is 28.8 Å². The summed E-state index contributed by atoms with van der Waals surface area (Å²) in [6, 6.07) is 10.6. The second kappa shape index (κ2) is 6.57. The molecule has 0 aliphatic carbocycles. The van der Waals surface area contributed by atoms with Crippen molar-refractivity contribution in [1.82, 2.24) is 14.9 Å². The first kappa shape index (κ1) is 15.7. The van der Waals surface area contributed by atoms with Crippen LogP contribution >= 0.6 is 0 Å². The van der Waals surface area contributed by atoms with Gasteiger partial charge in [-0.05, 0) is 36.4 Å². The average molecular weight is 335 g/mol. The first-order chi connectivity index (χ1) is 12.3. The summed E-state index contributed by atoms with van der Waals surface area (Å²) >= 11 is 0. The molecule has 0 bridgehead atoms. The van der Waals surface area contributed by atoms with Crippen molar-refractivity contribution in [2.75, 3.05) is 43.4 Å². The van der Waals surface area contributed by atoms with Crippen molar-refractivity contribution < 1.29 is 4.79 Å². The summed E-state index contributed by atoms with van der Waals surface area (Å²) in [7, 11) is 2.16. The van der Waals surface area contributed by atoms with Gasteiger partial charge in [0.1, 0.15) is 5.65 Å². The zero-order chi connectivity index (χ0) is 17.2. The third-order valence-corrected chi connectivity index (χ3v) is 4.83. The summed E-state index contributed by atoms with van der Waals surface area (Å²) < 4.78 is 0. The molecule has 3 heterocycles. The van der Waals surface area contributed by atoms with E-state index in [1.807, 2.05) is 6.07 Å². The minimum atomic E-state index is 0.690. The van der Waals surface area contributed by atoms with E-state index in [-0.39, 0.29) is 0 Å². The Kier molecular flexibility index (Phi) is 4.11. The molecule has 3 aromatic rings. The summed E-state index contributed by atoms with van der Waals surface area (Å²) in [6.45, 7) is 4.30. The van der Waals surface area contributed by atoms with Crippen molar-refractivity contribution in [3.05, 3.63) is 42.7 Å².